The molecule has 0 aliphatic rings. The monoisotopic (exact) mass is 436 g/mol. The van der Waals surface area contributed by atoms with Gasteiger partial charge in [0.15, 0.2) is 0 Å². The van der Waals surface area contributed by atoms with E-state index in [4.69, 9.17) is 4.98 Å². The molecule has 0 bridgehead atoms. The van der Waals surface area contributed by atoms with Gasteiger partial charge in [-0.05, 0) is 48.9 Å². The van der Waals surface area contributed by atoms with Gasteiger partial charge >= 0.3 is 0 Å². The molecular weight excluding hydrogens is 420 g/mol. The quantitative estimate of drug-likeness (QED) is 0.378. The maximum atomic E-state index is 12.7. The van der Waals surface area contributed by atoms with Crippen LogP contribution >= 0.6 is 34.4 Å². The number of pyridine rings is 1. The largest absolute Gasteiger partial charge is 0.272 e. The van der Waals surface area contributed by atoms with E-state index in [1.54, 1.807) is 22.7 Å². The molecule has 0 saturated carbocycles. The Morgan fingerprint density at radius 1 is 1.17 bits per heavy atom. The van der Waals surface area contributed by atoms with E-state index in [1.165, 1.54) is 16.4 Å². The molecule has 0 unspecified atom stereocenters. The van der Waals surface area contributed by atoms with Crippen LogP contribution in [0.25, 0.3) is 21.0 Å². The second-order valence-corrected chi connectivity index (χ2v) is 9.18. The van der Waals surface area contributed by atoms with Gasteiger partial charge in [0.2, 0.25) is 0 Å². The minimum Gasteiger partial charge on any atom is -0.272 e. The molecule has 0 atom stereocenters. The Bertz CT molecular complexity index is 1200. The molecule has 0 saturated heterocycles. The predicted molar refractivity (Wildman–Crippen MR) is 119 cm³/mol. The maximum Gasteiger partial charge on any atom is 0.257 e. The van der Waals surface area contributed by atoms with Crippen molar-refractivity contribution in [3.05, 3.63) is 64.1 Å². The number of rotatable bonds is 5. The lowest BCUT2D eigenvalue weighted by Crippen LogP contribution is -2.16. The Balaban J connectivity index is 1.72. The number of aromatic nitrogens is 3. The van der Waals surface area contributed by atoms with Crippen LogP contribution in [0.1, 0.15) is 21.7 Å². The Morgan fingerprint density at radius 2 is 1.90 bits per heavy atom. The summed E-state index contributed by atoms with van der Waals surface area (Å²) in [5, 5.41) is 18.7. The first-order valence-corrected chi connectivity index (χ1v) is 11.5. The van der Waals surface area contributed by atoms with E-state index < -0.39 is 0 Å². The molecule has 8 heteroatoms. The minimum absolute atomic E-state index is 0.134. The lowest BCUT2D eigenvalue weighted by atomic mass is 10.1. The summed E-state index contributed by atoms with van der Waals surface area (Å²) in [4.78, 5) is 19.4. The first-order chi connectivity index (χ1) is 14.1. The van der Waals surface area contributed by atoms with Crippen molar-refractivity contribution in [1.82, 2.24) is 14.8 Å². The third-order valence-corrected chi connectivity index (χ3v) is 6.99. The molecule has 4 rings (SSSR count). The molecule has 0 radical (unpaired) electrons. The van der Waals surface area contributed by atoms with E-state index in [9.17, 15) is 10.1 Å². The van der Waals surface area contributed by atoms with Gasteiger partial charge in [-0.1, -0.05) is 23.9 Å². The van der Waals surface area contributed by atoms with Crippen molar-refractivity contribution < 1.29 is 4.79 Å². The summed E-state index contributed by atoms with van der Waals surface area (Å²) in [6.45, 7) is 3.71. The van der Waals surface area contributed by atoms with Crippen molar-refractivity contribution in [3.8, 4) is 27.1 Å². The lowest BCUT2D eigenvalue weighted by Gasteiger charge is -2.10. The van der Waals surface area contributed by atoms with E-state index >= 15 is 0 Å². The molecule has 4 aromatic heterocycles. The summed E-state index contributed by atoms with van der Waals surface area (Å²) >= 11 is 4.46. The zero-order chi connectivity index (χ0) is 20.4. The Hall–Kier alpha value is -2.73. The van der Waals surface area contributed by atoms with Crippen LogP contribution < -0.4 is 0 Å². The SMILES string of the molecule is Cc1cc(C)n(C(=O)CSc2nc(-c3cccs3)cc(-c3cccs3)c2C#N)n1. The number of aryl methyl sites for hydroxylation is 2. The number of nitrogens with zero attached hydrogens (tertiary/aromatic N) is 4. The fourth-order valence-electron chi connectivity index (χ4n) is 2.98. The average molecular weight is 437 g/mol. The smallest absolute Gasteiger partial charge is 0.257 e. The molecule has 0 spiro atoms. The maximum absolute atomic E-state index is 12.7. The first kappa shape index (κ1) is 19.6. The summed E-state index contributed by atoms with van der Waals surface area (Å²) in [7, 11) is 0. The van der Waals surface area contributed by atoms with Gasteiger partial charge in [-0.3, -0.25) is 4.79 Å². The number of hydrogen-bond acceptors (Lipinski definition) is 7. The van der Waals surface area contributed by atoms with Gasteiger partial charge in [-0.2, -0.15) is 10.4 Å². The molecule has 0 aromatic carbocycles. The van der Waals surface area contributed by atoms with Crippen LogP contribution in [-0.2, 0) is 0 Å². The number of carbonyl (C=O) groups is 1. The van der Waals surface area contributed by atoms with Crippen molar-refractivity contribution >= 4 is 40.3 Å². The van der Waals surface area contributed by atoms with Crippen LogP contribution in [0, 0.1) is 25.2 Å². The van der Waals surface area contributed by atoms with Crippen LogP contribution in [0.3, 0.4) is 0 Å². The van der Waals surface area contributed by atoms with Crippen LogP contribution in [0.5, 0.6) is 0 Å². The van der Waals surface area contributed by atoms with E-state index in [2.05, 4.69) is 11.2 Å². The second kappa shape index (κ2) is 8.33. The molecule has 5 nitrogen and oxygen atoms in total. The third kappa shape index (κ3) is 4.03. The van der Waals surface area contributed by atoms with Crippen molar-refractivity contribution in [1.29, 1.82) is 5.26 Å². The molecule has 4 aromatic rings. The minimum atomic E-state index is -0.134. The molecule has 4 heterocycles. The Labute approximate surface area is 180 Å². The molecule has 0 aliphatic carbocycles. The van der Waals surface area contributed by atoms with Crippen LogP contribution in [0.4, 0.5) is 0 Å². The highest BCUT2D eigenvalue weighted by molar-refractivity contribution is 8.00. The van der Waals surface area contributed by atoms with Crippen molar-refractivity contribution in [3.63, 3.8) is 0 Å². The van der Waals surface area contributed by atoms with Gasteiger partial charge in [0.1, 0.15) is 11.1 Å². The van der Waals surface area contributed by atoms with Crippen LogP contribution in [0.15, 0.2) is 52.2 Å². The Kier molecular flexibility index (Phi) is 5.62. The predicted octanol–water partition coefficient (Wildman–Crippen LogP) is 5.66. The molecule has 0 amide bonds. The number of carbonyl (C=O) groups excluding carboxylic acids is 1. The second-order valence-electron chi connectivity index (χ2n) is 6.32. The molecule has 144 valence electrons. The van der Waals surface area contributed by atoms with Gasteiger partial charge in [0.25, 0.3) is 5.91 Å². The van der Waals surface area contributed by atoms with Crippen molar-refractivity contribution in [2.45, 2.75) is 18.9 Å². The fourth-order valence-corrected chi connectivity index (χ4v) is 5.26. The van der Waals surface area contributed by atoms with Gasteiger partial charge in [-0.15, -0.1) is 22.7 Å². The number of thiophene rings is 2. The highest BCUT2D eigenvalue weighted by atomic mass is 32.2. The molecule has 0 N–H and O–H groups in total. The Morgan fingerprint density at radius 3 is 2.48 bits per heavy atom. The average Bonchev–Trinajstić information content (AvgIpc) is 3.47. The normalized spacial score (nSPS) is 10.8. The van der Waals surface area contributed by atoms with E-state index in [1.807, 2.05) is 61.0 Å². The molecule has 0 aliphatic heterocycles. The van der Waals surface area contributed by atoms with Gasteiger partial charge in [0, 0.05) is 16.1 Å². The van der Waals surface area contributed by atoms with E-state index in [0.717, 1.165) is 32.4 Å². The molecule has 29 heavy (non-hydrogen) atoms. The van der Waals surface area contributed by atoms with Gasteiger partial charge < -0.3 is 0 Å². The van der Waals surface area contributed by atoms with Gasteiger partial charge in [-0.25, -0.2) is 9.67 Å². The zero-order valence-electron chi connectivity index (χ0n) is 15.7. The van der Waals surface area contributed by atoms with Crippen molar-refractivity contribution in [2.24, 2.45) is 0 Å². The molecule has 0 fully saturated rings. The summed E-state index contributed by atoms with van der Waals surface area (Å²) in [5.41, 5.74) is 3.76. The fraction of sp³-hybridized carbons (Fsp3) is 0.143. The summed E-state index contributed by atoms with van der Waals surface area (Å²) in [6, 6.07) is 14.1. The van der Waals surface area contributed by atoms with Crippen LogP contribution in [-0.4, -0.2) is 26.4 Å². The standard InChI is InChI=1S/C21H16N4OS3/c1-13-9-14(2)25(24-13)20(26)12-29-21-16(11-22)15(18-5-3-7-27-18)10-17(23-21)19-6-4-8-28-19/h3-10H,12H2,1-2H3. The number of thioether (sulfide) groups is 1. The first-order valence-electron chi connectivity index (χ1n) is 8.79. The zero-order valence-corrected chi connectivity index (χ0v) is 18.2. The van der Waals surface area contributed by atoms with E-state index in [-0.39, 0.29) is 11.7 Å². The van der Waals surface area contributed by atoms with Crippen molar-refractivity contribution in [2.75, 3.05) is 5.75 Å². The topological polar surface area (TPSA) is 71.6 Å². The third-order valence-electron chi connectivity index (χ3n) is 4.24. The molecular formula is C21H16N4OS3. The van der Waals surface area contributed by atoms with Crippen LogP contribution in [0.2, 0.25) is 0 Å². The summed E-state index contributed by atoms with van der Waals surface area (Å²) in [5.74, 6) is 0.0204. The number of hydrogen-bond donors (Lipinski definition) is 0. The number of nitriles is 1. The highest BCUT2D eigenvalue weighted by Crippen LogP contribution is 2.37. The summed E-state index contributed by atoms with van der Waals surface area (Å²) < 4.78 is 1.41. The van der Waals surface area contributed by atoms with Gasteiger partial charge in [0.05, 0.1) is 27.6 Å². The van der Waals surface area contributed by atoms with E-state index in [0.29, 0.717) is 10.6 Å². The highest BCUT2D eigenvalue weighted by Gasteiger charge is 2.19. The lowest BCUT2D eigenvalue weighted by molar-refractivity contribution is 0.0924. The summed E-state index contributed by atoms with van der Waals surface area (Å²) in [6.07, 6.45) is 0.